The van der Waals surface area contributed by atoms with Crippen LogP contribution in [-0.2, 0) is 14.3 Å². The van der Waals surface area contributed by atoms with E-state index < -0.39 is 5.60 Å². The first-order chi connectivity index (χ1) is 7.61. The van der Waals surface area contributed by atoms with Crippen molar-refractivity contribution in [1.29, 1.82) is 0 Å². The lowest BCUT2D eigenvalue weighted by atomic mass is 9.94. The zero-order chi connectivity index (χ0) is 13.6. The molecule has 0 aliphatic rings. The van der Waals surface area contributed by atoms with E-state index in [4.69, 9.17) is 4.74 Å². The molecule has 0 rings (SSSR count). The second-order valence-corrected chi connectivity index (χ2v) is 6.79. The molecule has 0 unspecified atom stereocenters. The Balaban J connectivity index is 4.25. The van der Waals surface area contributed by atoms with Gasteiger partial charge in [0, 0.05) is 19.1 Å². The van der Waals surface area contributed by atoms with Gasteiger partial charge in [-0.05, 0) is 32.6 Å². The van der Waals surface area contributed by atoms with Gasteiger partial charge in [0.15, 0.2) is 5.12 Å². The lowest BCUT2D eigenvalue weighted by molar-refractivity contribution is -0.156. The van der Waals surface area contributed by atoms with E-state index in [2.05, 4.69) is 13.8 Å². The van der Waals surface area contributed by atoms with Gasteiger partial charge in [-0.15, -0.1) is 0 Å². The van der Waals surface area contributed by atoms with E-state index in [0.717, 1.165) is 0 Å². The van der Waals surface area contributed by atoms with Crippen molar-refractivity contribution >= 4 is 22.8 Å². The average Bonchev–Trinajstić information content (AvgIpc) is 2.08. The largest absolute Gasteiger partial charge is 0.460 e. The highest BCUT2D eigenvalue weighted by Crippen LogP contribution is 2.22. The second kappa shape index (κ2) is 7.04. The lowest BCUT2D eigenvalue weighted by Gasteiger charge is -2.23. The minimum atomic E-state index is -0.438. The molecule has 0 aliphatic carbocycles. The predicted molar refractivity (Wildman–Crippen MR) is 71.9 cm³/mol. The molecular weight excluding hydrogens is 236 g/mol. The first-order valence-corrected chi connectivity index (χ1v) is 6.95. The highest BCUT2D eigenvalue weighted by atomic mass is 32.2. The molecule has 0 fully saturated rings. The van der Waals surface area contributed by atoms with Crippen molar-refractivity contribution in [1.82, 2.24) is 0 Å². The fourth-order valence-electron chi connectivity index (χ4n) is 1.31. The van der Waals surface area contributed by atoms with Crippen molar-refractivity contribution in [2.45, 2.75) is 53.6 Å². The number of rotatable bonds is 5. The fourth-order valence-corrected chi connectivity index (χ4v) is 2.26. The minimum absolute atomic E-state index is 0.0971. The van der Waals surface area contributed by atoms with Gasteiger partial charge in [-0.1, -0.05) is 25.6 Å². The van der Waals surface area contributed by atoms with E-state index in [9.17, 15) is 9.59 Å². The normalized spacial score (nSPS) is 13.6. The van der Waals surface area contributed by atoms with Gasteiger partial charge in [-0.2, -0.15) is 0 Å². The first kappa shape index (κ1) is 16.5. The van der Waals surface area contributed by atoms with E-state index in [-0.39, 0.29) is 17.0 Å². The summed E-state index contributed by atoms with van der Waals surface area (Å²) in [5.41, 5.74) is -0.438. The number of carbonyl (C=O) groups excluding carboxylic acids is 2. The van der Waals surface area contributed by atoms with Crippen LogP contribution in [0.4, 0.5) is 0 Å². The molecule has 0 N–H and O–H groups in total. The van der Waals surface area contributed by atoms with Crippen molar-refractivity contribution < 1.29 is 14.3 Å². The highest BCUT2D eigenvalue weighted by Gasteiger charge is 2.22. The van der Waals surface area contributed by atoms with E-state index in [1.807, 2.05) is 20.8 Å². The van der Waals surface area contributed by atoms with Gasteiger partial charge in [0.05, 0.1) is 0 Å². The predicted octanol–water partition coefficient (Wildman–Crippen LogP) is 3.27. The van der Waals surface area contributed by atoms with Crippen LogP contribution in [0, 0.1) is 11.8 Å². The molecule has 3 nitrogen and oxygen atoms in total. The molecule has 0 radical (unpaired) electrons. The molecule has 17 heavy (non-hydrogen) atoms. The van der Waals surface area contributed by atoms with Crippen LogP contribution in [0.25, 0.3) is 0 Å². The molecule has 0 aromatic carbocycles. The molecular formula is C13H24O3S. The Labute approximate surface area is 109 Å². The summed E-state index contributed by atoms with van der Waals surface area (Å²) in [5, 5.41) is 0.0971. The van der Waals surface area contributed by atoms with Gasteiger partial charge >= 0.3 is 5.97 Å². The second-order valence-electron chi connectivity index (χ2n) is 5.60. The Morgan fingerprint density at radius 2 is 1.76 bits per heavy atom. The number of carbonyl (C=O) groups is 2. The molecule has 0 saturated carbocycles. The molecule has 0 spiro atoms. The summed E-state index contributed by atoms with van der Waals surface area (Å²) in [5.74, 6) is 1.07. The third-order valence-corrected chi connectivity index (χ3v) is 3.29. The molecule has 0 bridgehead atoms. The maximum atomic E-state index is 11.7. The first-order valence-electron chi connectivity index (χ1n) is 5.97. The van der Waals surface area contributed by atoms with Crippen LogP contribution in [0.1, 0.15) is 48.0 Å². The van der Waals surface area contributed by atoms with Crippen LogP contribution >= 0.6 is 11.8 Å². The van der Waals surface area contributed by atoms with Crippen LogP contribution in [0.15, 0.2) is 0 Å². The van der Waals surface area contributed by atoms with Crippen LogP contribution in [0.2, 0.25) is 0 Å². The zero-order valence-electron chi connectivity index (χ0n) is 11.7. The minimum Gasteiger partial charge on any atom is -0.460 e. The van der Waals surface area contributed by atoms with Crippen molar-refractivity contribution in [3.05, 3.63) is 0 Å². The van der Waals surface area contributed by atoms with Crippen LogP contribution in [0.3, 0.4) is 0 Å². The third kappa shape index (κ3) is 9.22. The van der Waals surface area contributed by atoms with E-state index in [0.29, 0.717) is 18.1 Å². The number of hydrogen-bond acceptors (Lipinski definition) is 4. The highest BCUT2D eigenvalue weighted by molar-refractivity contribution is 8.13. The van der Waals surface area contributed by atoms with Crippen LogP contribution < -0.4 is 0 Å². The Bertz CT molecular complexity index is 266. The van der Waals surface area contributed by atoms with Gasteiger partial charge in [-0.3, -0.25) is 9.59 Å². The van der Waals surface area contributed by atoms with Gasteiger partial charge in [0.25, 0.3) is 0 Å². The molecule has 4 heteroatoms. The Kier molecular flexibility index (Phi) is 6.83. The summed E-state index contributed by atoms with van der Waals surface area (Å²) in [6.45, 7) is 11.3. The summed E-state index contributed by atoms with van der Waals surface area (Å²) in [6.07, 6.45) is 0.384. The van der Waals surface area contributed by atoms with Crippen molar-refractivity contribution in [2.24, 2.45) is 11.8 Å². The average molecular weight is 260 g/mol. The van der Waals surface area contributed by atoms with E-state index in [1.165, 1.54) is 11.8 Å². The number of thioether (sulfide) groups is 1. The molecule has 0 saturated heterocycles. The molecule has 1 atom stereocenters. The van der Waals surface area contributed by atoms with Gasteiger partial charge < -0.3 is 4.74 Å². The SMILES string of the molecule is CC(=O)SC[C@H](CC(=O)OC(C)(C)C)C(C)C. The monoisotopic (exact) mass is 260 g/mol. The molecule has 0 aliphatic heterocycles. The lowest BCUT2D eigenvalue weighted by Crippen LogP contribution is -2.27. The van der Waals surface area contributed by atoms with Crippen LogP contribution in [-0.4, -0.2) is 22.4 Å². The number of esters is 1. The molecule has 0 aromatic rings. The van der Waals surface area contributed by atoms with Crippen molar-refractivity contribution in [3.8, 4) is 0 Å². The topological polar surface area (TPSA) is 43.4 Å². The molecule has 0 heterocycles. The Morgan fingerprint density at radius 3 is 2.12 bits per heavy atom. The summed E-state index contributed by atoms with van der Waals surface area (Å²) >= 11 is 1.28. The summed E-state index contributed by atoms with van der Waals surface area (Å²) < 4.78 is 5.29. The maximum absolute atomic E-state index is 11.7. The molecule has 0 aromatic heterocycles. The third-order valence-electron chi connectivity index (χ3n) is 2.29. The van der Waals surface area contributed by atoms with Crippen molar-refractivity contribution in [2.75, 3.05) is 5.75 Å². The fraction of sp³-hybridized carbons (Fsp3) is 0.846. The Morgan fingerprint density at radius 1 is 1.24 bits per heavy atom. The van der Waals surface area contributed by atoms with Gasteiger partial charge in [0.2, 0.25) is 0 Å². The van der Waals surface area contributed by atoms with Crippen LogP contribution in [0.5, 0.6) is 0 Å². The van der Waals surface area contributed by atoms with Gasteiger partial charge in [0.1, 0.15) is 5.60 Å². The standard InChI is InChI=1S/C13H24O3S/c1-9(2)11(8-17-10(3)14)7-12(15)16-13(4,5)6/h9,11H,7-8H2,1-6H3/t11-/m0/s1. The number of ether oxygens (including phenoxy) is 1. The zero-order valence-corrected chi connectivity index (χ0v) is 12.5. The Hall–Kier alpha value is -0.510. The van der Waals surface area contributed by atoms with E-state index in [1.54, 1.807) is 6.92 Å². The summed E-state index contributed by atoms with van der Waals surface area (Å²) in [4.78, 5) is 22.6. The van der Waals surface area contributed by atoms with Gasteiger partial charge in [-0.25, -0.2) is 0 Å². The summed E-state index contributed by atoms with van der Waals surface area (Å²) in [6, 6.07) is 0. The van der Waals surface area contributed by atoms with Crippen molar-refractivity contribution in [3.63, 3.8) is 0 Å². The maximum Gasteiger partial charge on any atom is 0.306 e. The number of hydrogen-bond donors (Lipinski definition) is 0. The van der Waals surface area contributed by atoms with E-state index >= 15 is 0 Å². The quantitative estimate of drug-likeness (QED) is 0.712. The summed E-state index contributed by atoms with van der Waals surface area (Å²) in [7, 11) is 0. The molecule has 0 amide bonds. The molecule has 100 valence electrons. The smallest absolute Gasteiger partial charge is 0.306 e.